The van der Waals surface area contributed by atoms with E-state index in [4.69, 9.17) is 0 Å². The van der Waals surface area contributed by atoms with Gasteiger partial charge in [-0.15, -0.1) is 11.8 Å². The second-order valence-electron chi connectivity index (χ2n) is 3.70. The van der Waals surface area contributed by atoms with Crippen molar-refractivity contribution in [3.63, 3.8) is 0 Å². The first-order valence-electron chi connectivity index (χ1n) is 4.98. The van der Waals surface area contributed by atoms with Gasteiger partial charge in [-0.3, -0.25) is 0 Å². The molecule has 2 rings (SSSR count). The summed E-state index contributed by atoms with van der Waals surface area (Å²) in [5.74, 6) is -0.498. The van der Waals surface area contributed by atoms with Gasteiger partial charge in [-0.25, -0.2) is 4.39 Å². The van der Waals surface area contributed by atoms with Gasteiger partial charge < -0.3 is 4.90 Å². The number of allylic oxidation sites excluding steroid dienone is 1. The highest BCUT2D eigenvalue weighted by Crippen LogP contribution is 2.44. The molecule has 0 saturated heterocycles. The maximum atomic E-state index is 13.0. The lowest BCUT2D eigenvalue weighted by Gasteiger charge is -2.28. The first-order valence-corrected chi connectivity index (χ1v) is 6.71. The lowest BCUT2D eigenvalue weighted by Crippen LogP contribution is -2.33. The quantitative estimate of drug-likeness (QED) is 0.669. The molecule has 1 heterocycles. The molecular formula is C11H8BrF4NS. The first kappa shape index (κ1) is 13.7. The molecule has 1 aromatic rings. The van der Waals surface area contributed by atoms with Gasteiger partial charge in [0.05, 0.1) is 11.1 Å². The Labute approximate surface area is 114 Å². The van der Waals surface area contributed by atoms with Crippen LogP contribution in [0.3, 0.4) is 0 Å². The Hall–Kier alpha value is -0.690. The number of halogens is 5. The number of benzene rings is 1. The van der Waals surface area contributed by atoms with Crippen LogP contribution in [0.15, 0.2) is 33.8 Å². The third-order valence-corrected chi connectivity index (χ3v) is 4.06. The minimum absolute atomic E-state index is 0.298. The van der Waals surface area contributed by atoms with Crippen LogP contribution in [0.4, 0.5) is 23.2 Å². The fourth-order valence-electron chi connectivity index (χ4n) is 1.68. The van der Waals surface area contributed by atoms with Gasteiger partial charge in [0, 0.05) is 9.88 Å². The summed E-state index contributed by atoms with van der Waals surface area (Å²) in [4.78, 5) is 1.15. The van der Waals surface area contributed by atoms with E-state index < -0.39 is 17.7 Å². The van der Waals surface area contributed by atoms with Crippen molar-refractivity contribution in [1.82, 2.24) is 0 Å². The zero-order chi connectivity index (χ0) is 13.5. The monoisotopic (exact) mass is 341 g/mol. The Morgan fingerprint density at radius 2 is 2.00 bits per heavy atom. The van der Waals surface area contributed by atoms with Gasteiger partial charge in [0.1, 0.15) is 11.5 Å². The average Bonchev–Trinajstić information content (AvgIpc) is 2.60. The third kappa shape index (κ3) is 2.51. The van der Waals surface area contributed by atoms with Crippen LogP contribution in [0.2, 0.25) is 0 Å². The van der Waals surface area contributed by atoms with Gasteiger partial charge in [-0.05, 0) is 41.1 Å². The van der Waals surface area contributed by atoms with Crippen LogP contribution in [0.1, 0.15) is 6.92 Å². The highest BCUT2D eigenvalue weighted by Gasteiger charge is 2.43. The summed E-state index contributed by atoms with van der Waals surface area (Å²) >= 11 is 4.17. The van der Waals surface area contributed by atoms with Gasteiger partial charge in [0.15, 0.2) is 0 Å². The largest absolute Gasteiger partial charge is 0.431 e. The molecule has 0 aliphatic carbocycles. The van der Waals surface area contributed by atoms with Crippen LogP contribution >= 0.6 is 27.7 Å². The second kappa shape index (κ2) is 4.77. The molecule has 1 nitrogen and oxygen atoms in total. The predicted octanol–water partition coefficient (Wildman–Crippen LogP) is 4.89. The molecule has 0 aromatic heterocycles. The third-order valence-electron chi connectivity index (χ3n) is 2.46. The van der Waals surface area contributed by atoms with Crippen LogP contribution in [0, 0.1) is 5.82 Å². The van der Waals surface area contributed by atoms with Crippen molar-refractivity contribution < 1.29 is 17.6 Å². The molecule has 98 valence electrons. The van der Waals surface area contributed by atoms with E-state index in [1.54, 1.807) is 6.92 Å². The Balaban J connectivity index is 2.45. The van der Waals surface area contributed by atoms with Crippen molar-refractivity contribution in [1.29, 1.82) is 0 Å². The van der Waals surface area contributed by atoms with E-state index in [1.807, 2.05) is 0 Å². The van der Waals surface area contributed by atoms with Crippen molar-refractivity contribution in [2.45, 2.75) is 18.5 Å². The number of rotatable bonds is 1. The van der Waals surface area contributed by atoms with Crippen molar-refractivity contribution in [3.05, 3.63) is 39.6 Å². The maximum Gasteiger partial charge on any atom is 0.431 e. The zero-order valence-corrected chi connectivity index (χ0v) is 11.5. The summed E-state index contributed by atoms with van der Waals surface area (Å²) in [5.41, 5.74) is -0.426. The van der Waals surface area contributed by atoms with Gasteiger partial charge >= 0.3 is 6.18 Å². The van der Waals surface area contributed by atoms with Crippen molar-refractivity contribution in [2.24, 2.45) is 0 Å². The molecule has 0 radical (unpaired) electrons. The Kier molecular flexibility index (Phi) is 3.64. The molecule has 0 saturated carbocycles. The molecule has 0 bridgehead atoms. The van der Waals surface area contributed by atoms with E-state index in [0.717, 1.165) is 34.2 Å². The van der Waals surface area contributed by atoms with E-state index in [1.165, 1.54) is 6.07 Å². The fraction of sp³-hybridized carbons (Fsp3) is 0.273. The predicted molar refractivity (Wildman–Crippen MR) is 67.8 cm³/mol. The summed E-state index contributed by atoms with van der Waals surface area (Å²) < 4.78 is 51.9. The van der Waals surface area contributed by atoms with Crippen molar-refractivity contribution in [3.8, 4) is 0 Å². The molecule has 0 fully saturated rings. The molecule has 0 spiro atoms. The Bertz CT molecular complexity index is 500. The van der Waals surface area contributed by atoms with Crippen LogP contribution in [0.25, 0.3) is 0 Å². The molecule has 1 atom stereocenters. The van der Waals surface area contributed by atoms with E-state index >= 15 is 0 Å². The molecule has 1 unspecified atom stereocenters. The van der Waals surface area contributed by atoms with E-state index in [9.17, 15) is 17.6 Å². The topological polar surface area (TPSA) is 3.24 Å². The van der Waals surface area contributed by atoms with Gasteiger partial charge in [-0.1, -0.05) is 0 Å². The van der Waals surface area contributed by atoms with Gasteiger partial charge in [-0.2, -0.15) is 13.2 Å². The van der Waals surface area contributed by atoms with Crippen LogP contribution in [-0.4, -0.2) is 11.6 Å². The maximum absolute atomic E-state index is 13.0. The molecule has 1 aliphatic heterocycles. The minimum atomic E-state index is -4.43. The lowest BCUT2D eigenvalue weighted by atomic mass is 10.2. The standard InChI is InChI=1S/C11H8BrF4NS/c1-6-17(10(5-18-6)11(14,15)16)9-3-2-7(13)4-8(9)12/h2-6H,1H3. The second-order valence-corrected chi connectivity index (χ2v) is 5.75. The molecule has 0 amide bonds. The highest BCUT2D eigenvalue weighted by molar-refractivity contribution is 9.10. The summed E-state index contributed by atoms with van der Waals surface area (Å²) in [6.07, 6.45) is -4.43. The average molecular weight is 342 g/mol. The van der Waals surface area contributed by atoms with E-state index in [-0.39, 0.29) is 5.37 Å². The zero-order valence-electron chi connectivity index (χ0n) is 9.13. The van der Waals surface area contributed by atoms with E-state index in [2.05, 4.69) is 15.9 Å². The van der Waals surface area contributed by atoms with Gasteiger partial charge in [0.2, 0.25) is 0 Å². The molecule has 1 aliphatic rings. The molecule has 7 heteroatoms. The normalized spacial score (nSPS) is 20.2. The Morgan fingerprint density at radius 3 is 2.56 bits per heavy atom. The summed E-state index contributed by atoms with van der Waals surface area (Å²) in [7, 11) is 0. The number of hydrogen-bond acceptors (Lipinski definition) is 2. The molecular weight excluding hydrogens is 334 g/mol. The van der Waals surface area contributed by atoms with E-state index in [0.29, 0.717) is 10.2 Å². The molecule has 18 heavy (non-hydrogen) atoms. The SMILES string of the molecule is CC1SC=C(C(F)(F)F)N1c1ccc(F)cc1Br. The highest BCUT2D eigenvalue weighted by atomic mass is 79.9. The van der Waals surface area contributed by atoms with Crippen LogP contribution < -0.4 is 4.90 Å². The number of anilines is 1. The van der Waals surface area contributed by atoms with Gasteiger partial charge in [0.25, 0.3) is 0 Å². The van der Waals surface area contributed by atoms with Crippen molar-refractivity contribution in [2.75, 3.05) is 4.90 Å². The number of alkyl halides is 3. The molecule has 1 aromatic carbocycles. The van der Waals surface area contributed by atoms with Crippen molar-refractivity contribution >= 4 is 33.4 Å². The van der Waals surface area contributed by atoms with Crippen LogP contribution in [0.5, 0.6) is 0 Å². The Morgan fingerprint density at radius 1 is 1.33 bits per heavy atom. The lowest BCUT2D eigenvalue weighted by molar-refractivity contribution is -0.0929. The smallest absolute Gasteiger partial charge is 0.323 e. The minimum Gasteiger partial charge on any atom is -0.323 e. The molecule has 0 N–H and O–H groups in total. The number of hydrogen-bond donors (Lipinski definition) is 0. The summed E-state index contributed by atoms with van der Waals surface area (Å²) in [6, 6.07) is 3.63. The summed E-state index contributed by atoms with van der Waals surface area (Å²) in [6.45, 7) is 1.66. The number of thioether (sulfide) groups is 1. The van der Waals surface area contributed by atoms with Crippen LogP contribution in [-0.2, 0) is 0 Å². The fourth-order valence-corrected chi connectivity index (χ4v) is 3.15. The summed E-state index contributed by atoms with van der Waals surface area (Å²) in [5, 5.41) is 0.698. The number of nitrogens with zero attached hydrogens (tertiary/aromatic N) is 1. The first-order chi connectivity index (χ1) is 8.30.